The van der Waals surface area contributed by atoms with E-state index >= 15 is 0 Å². The van der Waals surface area contributed by atoms with Crippen LogP contribution in [0.25, 0.3) is 0 Å². The van der Waals surface area contributed by atoms with Crippen molar-refractivity contribution in [2.45, 2.75) is 13.3 Å². The predicted molar refractivity (Wildman–Crippen MR) is 48.1 cm³/mol. The van der Waals surface area contributed by atoms with Crippen molar-refractivity contribution in [3.05, 3.63) is 35.9 Å². The number of hydrogen-bond acceptors (Lipinski definition) is 2. The maximum Gasteiger partial charge on any atom is 1.00 e. The second-order valence-corrected chi connectivity index (χ2v) is 2.50. The Kier molecular flexibility index (Phi) is 6.96. The average molecular weight is 188 g/mol. The summed E-state index contributed by atoms with van der Waals surface area (Å²) in [5.41, 5.74) is 0.617. The second-order valence-electron chi connectivity index (χ2n) is 2.50. The minimum Gasteiger partial charge on any atom is -1.00 e. The molecule has 0 aliphatic heterocycles. The summed E-state index contributed by atoms with van der Waals surface area (Å²) < 4.78 is 4.94. The van der Waals surface area contributed by atoms with Gasteiger partial charge in [0.1, 0.15) is 0 Å². The molecule has 0 aliphatic rings. The molecular weight excluding hydrogens is 175 g/mol. The van der Waals surface area contributed by atoms with Crippen LogP contribution in [0.3, 0.4) is 0 Å². The van der Waals surface area contributed by atoms with E-state index in [-0.39, 0.29) is 37.0 Å². The number of benzene rings is 1. The molecule has 0 unspecified atom stereocenters. The molecule has 0 amide bonds. The van der Waals surface area contributed by atoms with Crippen LogP contribution in [0.5, 0.6) is 0 Å². The van der Waals surface area contributed by atoms with Gasteiger partial charge in [-0.1, -0.05) is 25.1 Å². The summed E-state index contributed by atoms with van der Waals surface area (Å²) in [6, 6.07) is 9.01. The Labute approximate surface area is 102 Å². The number of carbonyl (C=O) groups excluding carboxylic acids is 1. The topological polar surface area (TPSA) is 26.3 Å². The largest absolute Gasteiger partial charge is 1.00 e. The average Bonchev–Trinajstić information content (AvgIpc) is 2.15. The molecule has 0 N–H and O–H groups in total. The van der Waals surface area contributed by atoms with Crippen molar-refractivity contribution < 1.29 is 40.5 Å². The van der Waals surface area contributed by atoms with Crippen LogP contribution < -0.4 is 29.6 Å². The molecule has 2 nitrogen and oxygen atoms in total. The van der Waals surface area contributed by atoms with Crippen LogP contribution in [0.2, 0.25) is 0 Å². The Balaban J connectivity index is 0. The molecule has 0 radical (unpaired) electrons. The second kappa shape index (κ2) is 7.13. The molecule has 0 fully saturated rings. The van der Waals surface area contributed by atoms with E-state index in [1.807, 2.05) is 25.1 Å². The Morgan fingerprint density at radius 3 is 2.54 bits per heavy atom. The van der Waals surface area contributed by atoms with E-state index in [1.54, 1.807) is 12.1 Å². The first kappa shape index (κ1) is 12.7. The zero-order valence-electron chi connectivity index (χ0n) is 9.12. The summed E-state index contributed by atoms with van der Waals surface area (Å²) >= 11 is 0. The first-order valence-corrected chi connectivity index (χ1v) is 4.06. The van der Waals surface area contributed by atoms with Gasteiger partial charge in [0.2, 0.25) is 0 Å². The number of ether oxygens (including phenoxy) is 1. The minimum atomic E-state index is -0.238. The van der Waals surface area contributed by atoms with E-state index in [1.165, 1.54) is 0 Å². The Hall–Kier alpha value is -0.310. The monoisotopic (exact) mass is 188 g/mol. The maximum absolute atomic E-state index is 11.2. The molecule has 66 valence electrons. The molecule has 1 aromatic carbocycles. The van der Waals surface area contributed by atoms with Gasteiger partial charge in [-0.15, -0.1) is 0 Å². The van der Waals surface area contributed by atoms with E-state index in [2.05, 4.69) is 0 Å². The van der Waals surface area contributed by atoms with Gasteiger partial charge in [0.15, 0.2) is 0 Å². The molecule has 13 heavy (non-hydrogen) atoms. The summed E-state index contributed by atoms with van der Waals surface area (Å²) in [6.07, 6.45) is 0.860. The molecule has 0 aromatic heterocycles. The number of esters is 1. The Bertz CT molecular complexity index is 252. The van der Waals surface area contributed by atoms with E-state index in [0.717, 1.165) is 6.42 Å². The zero-order chi connectivity index (χ0) is 8.81. The summed E-state index contributed by atoms with van der Waals surface area (Å²) in [4.78, 5) is 11.2. The molecule has 0 atom stereocenters. The van der Waals surface area contributed by atoms with E-state index < -0.39 is 0 Å². The van der Waals surface area contributed by atoms with E-state index in [9.17, 15) is 4.79 Å². The normalized spacial score (nSPS) is 8.69. The van der Waals surface area contributed by atoms with Gasteiger partial charge in [-0.25, -0.2) is 4.79 Å². The van der Waals surface area contributed by atoms with Crippen molar-refractivity contribution in [3.63, 3.8) is 0 Å². The van der Waals surface area contributed by atoms with Crippen LogP contribution >= 0.6 is 0 Å². The van der Waals surface area contributed by atoms with E-state index in [4.69, 9.17) is 4.74 Å². The smallest absolute Gasteiger partial charge is 1.00 e. The fourth-order valence-electron chi connectivity index (χ4n) is 0.852. The first-order valence-electron chi connectivity index (χ1n) is 4.06. The van der Waals surface area contributed by atoms with Crippen molar-refractivity contribution >= 4 is 5.97 Å². The third-order valence-electron chi connectivity index (χ3n) is 1.45. The van der Waals surface area contributed by atoms with Gasteiger partial charge in [-0.3, -0.25) is 0 Å². The number of carbonyl (C=O) groups is 1. The van der Waals surface area contributed by atoms with Gasteiger partial charge < -0.3 is 6.16 Å². The van der Waals surface area contributed by atoms with Crippen molar-refractivity contribution in [1.82, 2.24) is 0 Å². The SMILES string of the molecule is CCCOC(=O)c1ccccc1.[H-].[Na+]. The molecule has 1 rings (SSSR count). The molecule has 0 aliphatic carbocycles. The van der Waals surface area contributed by atoms with Crippen molar-refractivity contribution in [2.24, 2.45) is 0 Å². The first-order chi connectivity index (χ1) is 5.84. The zero-order valence-corrected chi connectivity index (χ0v) is 10.1. The quantitative estimate of drug-likeness (QED) is 0.466. The third kappa shape index (κ3) is 4.46. The van der Waals surface area contributed by atoms with Crippen LogP contribution in [0, 0.1) is 0 Å². The van der Waals surface area contributed by atoms with Gasteiger partial charge in [-0.2, -0.15) is 0 Å². The standard InChI is InChI=1S/C10H12O2.Na.H/c1-2-8-12-10(11)9-6-4-3-5-7-9;;/h3-7H,2,8H2,1H3;;/q;+1;-1. The van der Waals surface area contributed by atoms with Crippen molar-refractivity contribution in [1.29, 1.82) is 0 Å². The molecule has 0 spiro atoms. The molecule has 1 aromatic rings. The Morgan fingerprint density at radius 1 is 1.38 bits per heavy atom. The van der Waals surface area contributed by atoms with Crippen LogP contribution in [-0.4, -0.2) is 12.6 Å². The Morgan fingerprint density at radius 2 is 2.00 bits per heavy atom. The van der Waals surface area contributed by atoms with Crippen molar-refractivity contribution in [2.75, 3.05) is 6.61 Å². The van der Waals surface area contributed by atoms with Gasteiger partial charge in [0, 0.05) is 0 Å². The fraction of sp³-hybridized carbons (Fsp3) is 0.300. The summed E-state index contributed by atoms with van der Waals surface area (Å²) in [5, 5.41) is 0. The van der Waals surface area contributed by atoms with Gasteiger partial charge in [-0.05, 0) is 18.6 Å². The minimum absolute atomic E-state index is 0. The molecule has 0 heterocycles. The molecule has 0 saturated heterocycles. The molecule has 0 bridgehead atoms. The summed E-state index contributed by atoms with van der Waals surface area (Å²) in [6.45, 7) is 2.46. The van der Waals surface area contributed by atoms with Crippen LogP contribution in [0.4, 0.5) is 0 Å². The van der Waals surface area contributed by atoms with E-state index in [0.29, 0.717) is 12.2 Å². The van der Waals surface area contributed by atoms with Gasteiger partial charge in [0.25, 0.3) is 0 Å². The maximum atomic E-state index is 11.2. The van der Waals surface area contributed by atoms with Gasteiger partial charge in [0.05, 0.1) is 12.2 Å². The van der Waals surface area contributed by atoms with Crippen LogP contribution in [-0.2, 0) is 4.74 Å². The fourth-order valence-corrected chi connectivity index (χ4v) is 0.852. The van der Waals surface area contributed by atoms with Crippen LogP contribution in [0.1, 0.15) is 25.1 Å². The number of rotatable bonds is 3. The summed E-state index contributed by atoms with van der Waals surface area (Å²) in [5.74, 6) is -0.238. The molecular formula is C10H13NaO2. The van der Waals surface area contributed by atoms with Gasteiger partial charge >= 0.3 is 35.5 Å². The number of hydrogen-bond donors (Lipinski definition) is 0. The molecule has 0 saturated carbocycles. The predicted octanol–water partition coefficient (Wildman–Crippen LogP) is -0.630. The third-order valence-corrected chi connectivity index (χ3v) is 1.45. The summed E-state index contributed by atoms with van der Waals surface area (Å²) in [7, 11) is 0. The van der Waals surface area contributed by atoms with Crippen molar-refractivity contribution in [3.8, 4) is 0 Å². The van der Waals surface area contributed by atoms with Crippen LogP contribution in [0.15, 0.2) is 30.3 Å². The molecule has 3 heteroatoms.